The number of carbonyl (C=O) groups is 1. The maximum atomic E-state index is 13.5. The highest BCUT2D eigenvalue weighted by Gasteiger charge is 2.25. The topological polar surface area (TPSA) is 49.3 Å². The van der Waals surface area contributed by atoms with E-state index in [-0.39, 0.29) is 5.56 Å². The summed E-state index contributed by atoms with van der Waals surface area (Å²) >= 11 is 0. The van der Waals surface area contributed by atoms with E-state index >= 15 is 0 Å². The minimum Gasteiger partial charge on any atom is -0.481 e. The molecule has 0 bridgehead atoms. The molecule has 0 aliphatic heterocycles. The second-order valence-corrected chi connectivity index (χ2v) is 4.45. The molecule has 0 heterocycles. The van der Waals surface area contributed by atoms with Crippen molar-refractivity contribution in [1.29, 1.82) is 0 Å². The van der Waals surface area contributed by atoms with E-state index in [1.54, 1.807) is 12.1 Å². The highest BCUT2D eigenvalue weighted by Crippen LogP contribution is 2.22. The number of hydrogen-bond donors (Lipinski definition) is 2. The van der Waals surface area contributed by atoms with Crippen LogP contribution in [0.25, 0.3) is 0 Å². The molecule has 1 aromatic rings. The van der Waals surface area contributed by atoms with Gasteiger partial charge in [-0.05, 0) is 18.9 Å². The molecule has 92 valence electrons. The third-order valence-corrected chi connectivity index (χ3v) is 3.29. The number of aliphatic carboxylic acids is 1. The highest BCUT2D eigenvalue weighted by molar-refractivity contribution is 5.76. The number of halogens is 1. The SMILES string of the molecule is O=C(O)C(CNC1CCC1)c1ccccc1F. The zero-order valence-corrected chi connectivity index (χ0v) is 9.53. The average molecular weight is 237 g/mol. The lowest BCUT2D eigenvalue weighted by Gasteiger charge is -2.28. The summed E-state index contributed by atoms with van der Waals surface area (Å²) < 4.78 is 13.5. The Labute approximate surface area is 99.7 Å². The number of hydrogen-bond acceptors (Lipinski definition) is 2. The minimum absolute atomic E-state index is 0.256. The molecule has 1 fully saturated rings. The molecule has 17 heavy (non-hydrogen) atoms. The Morgan fingerprint density at radius 3 is 2.71 bits per heavy atom. The van der Waals surface area contributed by atoms with Gasteiger partial charge in [-0.25, -0.2) is 4.39 Å². The van der Waals surface area contributed by atoms with Crippen molar-refractivity contribution in [3.63, 3.8) is 0 Å². The quantitative estimate of drug-likeness (QED) is 0.824. The molecule has 1 aliphatic carbocycles. The van der Waals surface area contributed by atoms with Gasteiger partial charge in [-0.15, -0.1) is 0 Å². The van der Waals surface area contributed by atoms with Crippen LogP contribution < -0.4 is 5.32 Å². The van der Waals surface area contributed by atoms with E-state index < -0.39 is 17.7 Å². The van der Waals surface area contributed by atoms with Crippen molar-refractivity contribution in [3.8, 4) is 0 Å². The molecule has 0 radical (unpaired) electrons. The van der Waals surface area contributed by atoms with E-state index in [1.807, 2.05) is 0 Å². The molecule has 1 aliphatic rings. The van der Waals surface area contributed by atoms with Crippen LogP contribution in [-0.2, 0) is 4.79 Å². The van der Waals surface area contributed by atoms with Crippen molar-refractivity contribution in [1.82, 2.24) is 5.32 Å². The summed E-state index contributed by atoms with van der Waals surface area (Å²) in [6.45, 7) is 0.293. The first-order chi connectivity index (χ1) is 8.18. The van der Waals surface area contributed by atoms with E-state index in [4.69, 9.17) is 5.11 Å². The van der Waals surface area contributed by atoms with Crippen LogP contribution in [0.4, 0.5) is 4.39 Å². The summed E-state index contributed by atoms with van der Waals surface area (Å²) in [5.41, 5.74) is 0.256. The molecule has 0 saturated heterocycles. The third kappa shape index (κ3) is 2.82. The van der Waals surface area contributed by atoms with Gasteiger partial charge in [0.15, 0.2) is 0 Å². The Morgan fingerprint density at radius 1 is 1.47 bits per heavy atom. The Kier molecular flexibility index (Phi) is 3.74. The fourth-order valence-corrected chi connectivity index (χ4v) is 1.98. The van der Waals surface area contributed by atoms with E-state index in [1.165, 1.54) is 18.6 Å². The van der Waals surface area contributed by atoms with Crippen LogP contribution in [0.3, 0.4) is 0 Å². The van der Waals surface area contributed by atoms with Crippen molar-refractivity contribution in [2.45, 2.75) is 31.2 Å². The van der Waals surface area contributed by atoms with Gasteiger partial charge in [-0.2, -0.15) is 0 Å². The van der Waals surface area contributed by atoms with E-state index in [2.05, 4.69) is 5.32 Å². The maximum absolute atomic E-state index is 13.5. The molecule has 2 rings (SSSR count). The molecular formula is C13H16FNO2. The smallest absolute Gasteiger partial charge is 0.312 e. The van der Waals surface area contributed by atoms with Gasteiger partial charge in [-0.3, -0.25) is 4.79 Å². The summed E-state index contributed by atoms with van der Waals surface area (Å²) in [6, 6.07) is 6.48. The predicted molar refractivity (Wildman–Crippen MR) is 62.4 cm³/mol. The molecule has 0 aromatic heterocycles. The van der Waals surface area contributed by atoms with Gasteiger partial charge in [0.1, 0.15) is 5.82 Å². The van der Waals surface area contributed by atoms with Crippen molar-refractivity contribution < 1.29 is 14.3 Å². The van der Waals surface area contributed by atoms with Gasteiger partial charge in [0.05, 0.1) is 5.92 Å². The van der Waals surface area contributed by atoms with Gasteiger partial charge in [0.2, 0.25) is 0 Å². The standard InChI is InChI=1S/C13H16FNO2/c14-12-7-2-1-6-10(12)11(13(16)17)8-15-9-4-3-5-9/h1-2,6-7,9,11,15H,3-5,8H2,(H,16,17). The van der Waals surface area contributed by atoms with Gasteiger partial charge >= 0.3 is 5.97 Å². The van der Waals surface area contributed by atoms with Crippen LogP contribution in [0.1, 0.15) is 30.7 Å². The van der Waals surface area contributed by atoms with Crippen molar-refractivity contribution in [2.75, 3.05) is 6.54 Å². The summed E-state index contributed by atoms with van der Waals surface area (Å²) in [7, 11) is 0. The van der Waals surface area contributed by atoms with Gasteiger partial charge in [0.25, 0.3) is 0 Å². The van der Waals surface area contributed by atoms with Crippen molar-refractivity contribution >= 4 is 5.97 Å². The van der Waals surface area contributed by atoms with E-state index in [0.29, 0.717) is 12.6 Å². The first kappa shape index (κ1) is 12.0. The molecule has 4 heteroatoms. The van der Waals surface area contributed by atoms with Crippen LogP contribution in [0.15, 0.2) is 24.3 Å². The van der Waals surface area contributed by atoms with Crippen LogP contribution in [-0.4, -0.2) is 23.7 Å². The minimum atomic E-state index is -0.984. The lowest BCUT2D eigenvalue weighted by molar-refractivity contribution is -0.138. The molecule has 3 nitrogen and oxygen atoms in total. The first-order valence-electron chi connectivity index (χ1n) is 5.89. The molecular weight excluding hydrogens is 221 g/mol. The predicted octanol–water partition coefficient (Wildman–Crippen LogP) is 2.14. The zero-order valence-electron chi connectivity index (χ0n) is 9.53. The number of carboxylic acids is 1. The second-order valence-electron chi connectivity index (χ2n) is 4.45. The third-order valence-electron chi connectivity index (χ3n) is 3.29. The number of rotatable bonds is 5. The Bertz CT molecular complexity index is 404. The average Bonchev–Trinajstić information content (AvgIpc) is 2.23. The van der Waals surface area contributed by atoms with Gasteiger partial charge in [-0.1, -0.05) is 24.6 Å². The molecule has 1 atom stereocenters. The van der Waals surface area contributed by atoms with Crippen molar-refractivity contribution in [2.24, 2.45) is 0 Å². The first-order valence-corrected chi connectivity index (χ1v) is 5.89. The summed E-state index contributed by atoms with van der Waals surface area (Å²) in [6.07, 6.45) is 3.36. The molecule has 0 amide bonds. The van der Waals surface area contributed by atoms with E-state index in [0.717, 1.165) is 12.8 Å². The maximum Gasteiger partial charge on any atom is 0.312 e. The van der Waals surface area contributed by atoms with Crippen molar-refractivity contribution in [3.05, 3.63) is 35.6 Å². The van der Waals surface area contributed by atoms with Crippen LogP contribution in [0.2, 0.25) is 0 Å². The van der Waals surface area contributed by atoms with Crippen LogP contribution in [0, 0.1) is 5.82 Å². The second kappa shape index (κ2) is 5.27. The number of benzene rings is 1. The Balaban J connectivity index is 2.05. The largest absolute Gasteiger partial charge is 0.481 e. The van der Waals surface area contributed by atoms with Gasteiger partial charge in [0, 0.05) is 18.2 Å². The molecule has 0 spiro atoms. The lowest BCUT2D eigenvalue weighted by atomic mass is 9.91. The fourth-order valence-electron chi connectivity index (χ4n) is 1.98. The number of carboxylic acid groups (broad SMARTS) is 1. The monoisotopic (exact) mass is 237 g/mol. The normalized spacial score (nSPS) is 17.5. The molecule has 2 N–H and O–H groups in total. The van der Waals surface area contributed by atoms with Crippen LogP contribution >= 0.6 is 0 Å². The lowest BCUT2D eigenvalue weighted by Crippen LogP contribution is -2.39. The fraction of sp³-hybridized carbons (Fsp3) is 0.462. The van der Waals surface area contributed by atoms with Crippen LogP contribution in [0.5, 0.6) is 0 Å². The Morgan fingerprint density at radius 2 is 2.18 bits per heavy atom. The zero-order chi connectivity index (χ0) is 12.3. The summed E-state index contributed by atoms with van der Waals surface area (Å²) in [5.74, 6) is -2.24. The molecule has 1 aromatic carbocycles. The Hall–Kier alpha value is -1.42. The summed E-state index contributed by atoms with van der Waals surface area (Å²) in [5, 5.41) is 12.3. The molecule has 1 saturated carbocycles. The molecule has 1 unspecified atom stereocenters. The van der Waals surface area contributed by atoms with E-state index in [9.17, 15) is 9.18 Å². The van der Waals surface area contributed by atoms with Gasteiger partial charge < -0.3 is 10.4 Å². The number of nitrogens with one attached hydrogen (secondary N) is 1. The summed E-state index contributed by atoms with van der Waals surface area (Å²) in [4.78, 5) is 11.2. The highest BCUT2D eigenvalue weighted by atomic mass is 19.1.